The van der Waals surface area contributed by atoms with Crippen LogP contribution in [0.15, 0.2) is 0 Å². The van der Waals surface area contributed by atoms with E-state index in [1.165, 1.54) is 25.7 Å². The van der Waals surface area contributed by atoms with Crippen LogP contribution >= 0.6 is 0 Å². The Morgan fingerprint density at radius 2 is 1.44 bits per heavy atom. The van der Waals surface area contributed by atoms with Crippen molar-refractivity contribution in [2.45, 2.75) is 71.6 Å². The highest BCUT2D eigenvalue weighted by Gasteiger charge is 2.01. The number of hydrogen-bond donors (Lipinski definition) is 0. The Morgan fingerprint density at radius 3 is 2.17 bits per heavy atom. The first kappa shape index (κ1) is 17.4. The molecule has 3 heteroatoms. The van der Waals surface area contributed by atoms with Crippen molar-refractivity contribution in [3.63, 3.8) is 0 Å². The van der Waals surface area contributed by atoms with E-state index in [0.717, 1.165) is 32.3 Å². The largest absolute Gasteiger partial charge is 0.463 e. The molecule has 0 amide bonds. The fraction of sp³-hybridized carbons (Fsp3) is 0.933. The van der Waals surface area contributed by atoms with Crippen molar-refractivity contribution in [2.75, 3.05) is 19.8 Å². The van der Waals surface area contributed by atoms with Crippen molar-refractivity contribution in [3.05, 3.63) is 0 Å². The number of unbranched alkanes of at least 4 members (excludes halogenated alkanes) is 6. The van der Waals surface area contributed by atoms with Crippen LogP contribution in [0.1, 0.15) is 71.6 Å². The van der Waals surface area contributed by atoms with E-state index < -0.39 is 0 Å². The minimum atomic E-state index is -0.0880. The molecular formula is C15H30O3. The third kappa shape index (κ3) is 13.5. The third-order valence-electron chi connectivity index (χ3n) is 2.87. The first-order chi connectivity index (χ1) is 8.81. The molecule has 0 heterocycles. The summed E-state index contributed by atoms with van der Waals surface area (Å²) in [6, 6.07) is 0. The molecule has 0 unspecified atom stereocenters. The smallest absolute Gasteiger partial charge is 0.305 e. The number of esters is 1. The molecule has 0 aliphatic rings. The molecule has 0 aliphatic heterocycles. The standard InChI is InChI=1S/C15H30O3/c1-3-5-7-8-10-12-17-13-14-18-15(16)11-9-6-4-2/h3-14H2,1-2H3. The average Bonchev–Trinajstić information content (AvgIpc) is 2.37. The molecule has 108 valence electrons. The molecule has 0 aromatic rings. The number of hydrogen-bond acceptors (Lipinski definition) is 3. The van der Waals surface area contributed by atoms with E-state index in [1.54, 1.807) is 0 Å². The molecule has 0 rings (SSSR count). The summed E-state index contributed by atoms with van der Waals surface area (Å²) in [7, 11) is 0. The van der Waals surface area contributed by atoms with E-state index in [1.807, 2.05) is 0 Å². The fourth-order valence-corrected chi connectivity index (χ4v) is 1.72. The molecule has 0 aliphatic carbocycles. The predicted octanol–water partition coefficient (Wildman–Crippen LogP) is 4.10. The summed E-state index contributed by atoms with van der Waals surface area (Å²) in [5.74, 6) is -0.0880. The SMILES string of the molecule is CCCCCCCOCCOC(=O)CCCCC. The normalized spacial score (nSPS) is 10.6. The molecule has 0 aromatic heterocycles. The van der Waals surface area contributed by atoms with Gasteiger partial charge in [-0.1, -0.05) is 52.4 Å². The summed E-state index contributed by atoms with van der Waals surface area (Å²) in [5, 5.41) is 0. The highest BCUT2D eigenvalue weighted by atomic mass is 16.6. The second kappa shape index (κ2) is 14.5. The maximum atomic E-state index is 11.2. The number of ether oxygens (including phenoxy) is 2. The molecular weight excluding hydrogens is 228 g/mol. The van der Waals surface area contributed by atoms with Gasteiger partial charge in [0.1, 0.15) is 6.61 Å². The summed E-state index contributed by atoms with van der Waals surface area (Å²) < 4.78 is 10.5. The van der Waals surface area contributed by atoms with Gasteiger partial charge in [-0.05, 0) is 12.8 Å². The van der Waals surface area contributed by atoms with E-state index in [0.29, 0.717) is 19.6 Å². The van der Waals surface area contributed by atoms with Crippen LogP contribution in [0.2, 0.25) is 0 Å². The zero-order valence-electron chi connectivity index (χ0n) is 12.2. The molecule has 0 radical (unpaired) electrons. The molecule has 18 heavy (non-hydrogen) atoms. The van der Waals surface area contributed by atoms with Gasteiger partial charge in [0.15, 0.2) is 0 Å². The van der Waals surface area contributed by atoms with Crippen molar-refractivity contribution >= 4 is 5.97 Å². The van der Waals surface area contributed by atoms with Crippen LogP contribution in [0.4, 0.5) is 0 Å². The van der Waals surface area contributed by atoms with Gasteiger partial charge in [0.05, 0.1) is 6.61 Å². The quantitative estimate of drug-likeness (QED) is 0.368. The highest BCUT2D eigenvalue weighted by molar-refractivity contribution is 5.69. The first-order valence-electron chi connectivity index (χ1n) is 7.54. The molecule has 0 N–H and O–H groups in total. The van der Waals surface area contributed by atoms with Crippen LogP contribution in [0.25, 0.3) is 0 Å². The minimum absolute atomic E-state index is 0.0880. The Morgan fingerprint density at radius 1 is 0.778 bits per heavy atom. The molecule has 3 nitrogen and oxygen atoms in total. The van der Waals surface area contributed by atoms with Crippen molar-refractivity contribution in [1.29, 1.82) is 0 Å². The second-order valence-electron chi connectivity index (χ2n) is 4.70. The molecule has 0 bridgehead atoms. The van der Waals surface area contributed by atoms with Gasteiger partial charge in [-0.25, -0.2) is 0 Å². The number of carbonyl (C=O) groups excluding carboxylic acids is 1. The van der Waals surface area contributed by atoms with Crippen molar-refractivity contribution < 1.29 is 14.3 Å². The van der Waals surface area contributed by atoms with Gasteiger partial charge in [-0.15, -0.1) is 0 Å². The predicted molar refractivity (Wildman–Crippen MR) is 74.7 cm³/mol. The van der Waals surface area contributed by atoms with E-state index in [2.05, 4.69) is 13.8 Å². The van der Waals surface area contributed by atoms with Gasteiger partial charge < -0.3 is 9.47 Å². The van der Waals surface area contributed by atoms with E-state index in [4.69, 9.17) is 9.47 Å². The third-order valence-corrected chi connectivity index (χ3v) is 2.87. The van der Waals surface area contributed by atoms with E-state index in [9.17, 15) is 4.79 Å². The zero-order valence-corrected chi connectivity index (χ0v) is 12.2. The molecule has 0 fully saturated rings. The van der Waals surface area contributed by atoms with Crippen LogP contribution in [-0.2, 0) is 14.3 Å². The fourth-order valence-electron chi connectivity index (χ4n) is 1.72. The monoisotopic (exact) mass is 258 g/mol. The Balaban J connectivity index is 3.08. The van der Waals surface area contributed by atoms with Gasteiger partial charge in [0, 0.05) is 13.0 Å². The summed E-state index contributed by atoms with van der Waals surface area (Å²) in [5.41, 5.74) is 0. The molecule has 0 spiro atoms. The lowest BCUT2D eigenvalue weighted by atomic mass is 10.2. The molecule has 0 saturated heterocycles. The van der Waals surface area contributed by atoms with Gasteiger partial charge in [-0.2, -0.15) is 0 Å². The maximum Gasteiger partial charge on any atom is 0.305 e. The maximum absolute atomic E-state index is 11.2. The summed E-state index contributed by atoms with van der Waals surface area (Å²) in [4.78, 5) is 11.2. The van der Waals surface area contributed by atoms with Crippen LogP contribution in [0.5, 0.6) is 0 Å². The van der Waals surface area contributed by atoms with Crippen LogP contribution < -0.4 is 0 Å². The summed E-state index contributed by atoms with van der Waals surface area (Å²) in [6.07, 6.45) is 9.96. The highest BCUT2D eigenvalue weighted by Crippen LogP contribution is 2.02. The number of carbonyl (C=O) groups is 1. The van der Waals surface area contributed by atoms with Gasteiger partial charge in [-0.3, -0.25) is 4.79 Å². The lowest BCUT2D eigenvalue weighted by Gasteiger charge is -2.06. The number of rotatable bonds is 13. The minimum Gasteiger partial charge on any atom is -0.463 e. The Bertz CT molecular complexity index is 181. The van der Waals surface area contributed by atoms with Crippen LogP contribution in [0.3, 0.4) is 0 Å². The van der Waals surface area contributed by atoms with Gasteiger partial charge >= 0.3 is 5.97 Å². The Kier molecular flexibility index (Phi) is 14.0. The molecule has 0 aromatic carbocycles. The molecule has 0 atom stereocenters. The van der Waals surface area contributed by atoms with E-state index >= 15 is 0 Å². The lowest BCUT2D eigenvalue weighted by Crippen LogP contribution is -2.10. The zero-order chi connectivity index (χ0) is 13.5. The Hall–Kier alpha value is -0.570. The van der Waals surface area contributed by atoms with Crippen molar-refractivity contribution in [2.24, 2.45) is 0 Å². The topological polar surface area (TPSA) is 35.5 Å². The van der Waals surface area contributed by atoms with Gasteiger partial charge in [0.25, 0.3) is 0 Å². The summed E-state index contributed by atoms with van der Waals surface area (Å²) >= 11 is 0. The second-order valence-corrected chi connectivity index (χ2v) is 4.70. The first-order valence-corrected chi connectivity index (χ1v) is 7.54. The summed E-state index contributed by atoms with van der Waals surface area (Å²) in [6.45, 7) is 6.06. The van der Waals surface area contributed by atoms with Crippen LogP contribution in [-0.4, -0.2) is 25.8 Å². The van der Waals surface area contributed by atoms with Crippen molar-refractivity contribution in [3.8, 4) is 0 Å². The van der Waals surface area contributed by atoms with Gasteiger partial charge in [0.2, 0.25) is 0 Å². The lowest BCUT2D eigenvalue weighted by molar-refractivity contribution is -0.145. The van der Waals surface area contributed by atoms with E-state index in [-0.39, 0.29) is 5.97 Å². The Labute approximate surface area is 112 Å². The van der Waals surface area contributed by atoms with Crippen molar-refractivity contribution in [1.82, 2.24) is 0 Å². The molecule has 0 saturated carbocycles. The van der Waals surface area contributed by atoms with Crippen LogP contribution in [0, 0.1) is 0 Å². The average molecular weight is 258 g/mol.